The first-order valence-electron chi connectivity index (χ1n) is 11.1. The Balaban J connectivity index is 1.32. The Labute approximate surface area is 180 Å². The van der Waals surface area contributed by atoms with Crippen molar-refractivity contribution in [2.75, 3.05) is 0 Å². The molecule has 4 aliphatic rings. The van der Waals surface area contributed by atoms with Crippen LogP contribution in [0.1, 0.15) is 54.6 Å². The van der Waals surface area contributed by atoms with Crippen molar-refractivity contribution in [2.45, 2.75) is 44.1 Å². The van der Waals surface area contributed by atoms with E-state index in [4.69, 9.17) is 10.00 Å². The molecule has 1 amide bonds. The van der Waals surface area contributed by atoms with E-state index in [2.05, 4.69) is 16.4 Å². The van der Waals surface area contributed by atoms with Gasteiger partial charge in [-0.1, -0.05) is 12.1 Å². The number of nitriles is 1. The van der Waals surface area contributed by atoms with Crippen molar-refractivity contribution in [3.63, 3.8) is 0 Å². The monoisotopic (exact) mass is 412 g/mol. The third kappa shape index (κ3) is 3.16. The lowest BCUT2D eigenvalue weighted by atomic mass is 9.53. The van der Waals surface area contributed by atoms with Crippen LogP contribution >= 0.6 is 0 Å². The number of rotatable bonds is 4. The molecular weight excluding hydrogens is 388 g/mol. The standard InChI is InChI=1S/C25H24N4O2/c26-15-16-4-3-5-20(11-16)31-24-27-22(21-6-1-2-7-29(21)24)23(30)28-25-12-17-8-18(13-25)10-19(9-17)14-25/h1-7,11,17-19H,8-10,12-14H2,(H,28,30). The van der Waals surface area contributed by atoms with Crippen LogP contribution in [-0.4, -0.2) is 20.8 Å². The minimum Gasteiger partial charge on any atom is -0.425 e. The number of amides is 1. The van der Waals surface area contributed by atoms with Crippen LogP contribution in [0.2, 0.25) is 0 Å². The summed E-state index contributed by atoms with van der Waals surface area (Å²) in [5.74, 6) is 2.68. The van der Waals surface area contributed by atoms with Crippen LogP contribution in [0.4, 0.5) is 0 Å². The average molecular weight is 412 g/mol. The molecule has 6 nitrogen and oxygen atoms in total. The first kappa shape index (κ1) is 18.4. The Bertz CT molecular complexity index is 1190. The van der Waals surface area contributed by atoms with Gasteiger partial charge in [0.15, 0.2) is 5.69 Å². The van der Waals surface area contributed by atoms with E-state index in [-0.39, 0.29) is 11.4 Å². The fraction of sp³-hybridized carbons (Fsp3) is 0.400. The number of carbonyl (C=O) groups is 1. The fourth-order valence-corrected chi connectivity index (χ4v) is 6.55. The highest BCUT2D eigenvalue weighted by molar-refractivity contribution is 5.99. The van der Waals surface area contributed by atoms with Gasteiger partial charge < -0.3 is 10.1 Å². The van der Waals surface area contributed by atoms with E-state index in [1.807, 2.05) is 24.4 Å². The minimum atomic E-state index is -0.119. The van der Waals surface area contributed by atoms with Crippen LogP contribution in [0, 0.1) is 29.1 Å². The lowest BCUT2D eigenvalue weighted by molar-refractivity contribution is -0.0167. The third-order valence-corrected chi connectivity index (χ3v) is 7.32. The summed E-state index contributed by atoms with van der Waals surface area (Å²) in [4.78, 5) is 18.0. The molecule has 0 unspecified atom stereocenters. The second-order valence-electron chi connectivity index (χ2n) is 9.59. The number of hydrogen-bond acceptors (Lipinski definition) is 4. The number of carbonyl (C=O) groups excluding carboxylic acids is 1. The molecule has 31 heavy (non-hydrogen) atoms. The van der Waals surface area contributed by atoms with Crippen LogP contribution in [0.25, 0.3) is 5.52 Å². The number of hydrogen-bond donors (Lipinski definition) is 1. The summed E-state index contributed by atoms with van der Waals surface area (Å²) in [6.45, 7) is 0. The molecule has 6 heteroatoms. The molecule has 0 aliphatic heterocycles. The second kappa shape index (κ2) is 6.84. The fourth-order valence-electron chi connectivity index (χ4n) is 6.55. The zero-order valence-electron chi connectivity index (χ0n) is 17.3. The maximum atomic E-state index is 13.4. The minimum absolute atomic E-state index is 0.0707. The van der Waals surface area contributed by atoms with Crippen LogP contribution in [0.3, 0.4) is 0 Å². The Morgan fingerprint density at radius 3 is 2.55 bits per heavy atom. The molecule has 1 N–H and O–H groups in total. The molecule has 0 atom stereocenters. The van der Waals surface area contributed by atoms with E-state index in [0.717, 1.165) is 42.5 Å². The van der Waals surface area contributed by atoms with Gasteiger partial charge in [0.25, 0.3) is 5.91 Å². The molecule has 4 bridgehead atoms. The number of pyridine rings is 1. The smallest absolute Gasteiger partial charge is 0.307 e. The second-order valence-corrected chi connectivity index (χ2v) is 9.59. The van der Waals surface area contributed by atoms with Crippen molar-refractivity contribution in [3.8, 4) is 17.8 Å². The van der Waals surface area contributed by atoms with Crippen molar-refractivity contribution >= 4 is 11.4 Å². The van der Waals surface area contributed by atoms with Gasteiger partial charge in [-0.15, -0.1) is 0 Å². The molecule has 4 saturated carbocycles. The maximum Gasteiger partial charge on any atom is 0.307 e. The zero-order valence-corrected chi connectivity index (χ0v) is 17.3. The largest absolute Gasteiger partial charge is 0.425 e. The Kier molecular flexibility index (Phi) is 4.07. The van der Waals surface area contributed by atoms with Gasteiger partial charge in [0.1, 0.15) is 5.75 Å². The number of imidazole rings is 1. The van der Waals surface area contributed by atoms with E-state index in [0.29, 0.717) is 23.0 Å². The van der Waals surface area contributed by atoms with Gasteiger partial charge in [0, 0.05) is 11.7 Å². The Morgan fingerprint density at radius 1 is 1.10 bits per heavy atom. The maximum absolute atomic E-state index is 13.4. The quantitative estimate of drug-likeness (QED) is 0.674. The SMILES string of the molecule is N#Cc1cccc(Oc2nc(C(=O)NC34CC5CC(CC(C5)C3)C4)c3ccccn23)c1. The normalized spacial score (nSPS) is 28.4. The molecule has 4 fully saturated rings. The molecule has 4 aliphatic carbocycles. The molecule has 1 aromatic carbocycles. The molecular formula is C25H24N4O2. The van der Waals surface area contributed by atoms with Crippen molar-refractivity contribution in [1.29, 1.82) is 5.26 Å². The topological polar surface area (TPSA) is 79.4 Å². The summed E-state index contributed by atoms with van der Waals surface area (Å²) in [6.07, 6.45) is 9.14. The van der Waals surface area contributed by atoms with Gasteiger partial charge in [-0.25, -0.2) is 0 Å². The van der Waals surface area contributed by atoms with Gasteiger partial charge in [-0.05, 0) is 86.6 Å². The highest BCUT2D eigenvalue weighted by Gasteiger charge is 2.51. The molecule has 2 aromatic heterocycles. The summed E-state index contributed by atoms with van der Waals surface area (Å²) >= 11 is 0. The van der Waals surface area contributed by atoms with Crippen molar-refractivity contribution in [3.05, 3.63) is 59.9 Å². The molecule has 3 aromatic rings. The summed E-state index contributed by atoms with van der Waals surface area (Å²) in [5, 5.41) is 12.6. The average Bonchev–Trinajstić information content (AvgIpc) is 3.11. The van der Waals surface area contributed by atoms with Crippen LogP contribution in [0.15, 0.2) is 48.7 Å². The number of nitrogens with zero attached hydrogens (tertiary/aromatic N) is 3. The van der Waals surface area contributed by atoms with Crippen molar-refractivity contribution in [1.82, 2.24) is 14.7 Å². The van der Waals surface area contributed by atoms with E-state index >= 15 is 0 Å². The van der Waals surface area contributed by atoms with E-state index in [9.17, 15) is 4.79 Å². The van der Waals surface area contributed by atoms with Gasteiger partial charge >= 0.3 is 6.01 Å². The number of aromatic nitrogens is 2. The summed E-state index contributed by atoms with van der Waals surface area (Å²) in [5.41, 5.74) is 1.55. The van der Waals surface area contributed by atoms with Gasteiger partial charge in [0.2, 0.25) is 0 Å². The lowest BCUT2D eigenvalue weighted by Gasteiger charge is -2.56. The molecule has 0 saturated heterocycles. The summed E-state index contributed by atoms with van der Waals surface area (Å²) < 4.78 is 7.76. The van der Waals surface area contributed by atoms with Gasteiger partial charge in [-0.3, -0.25) is 9.20 Å². The first-order chi connectivity index (χ1) is 15.1. The van der Waals surface area contributed by atoms with E-state index in [1.165, 1.54) is 19.3 Å². The number of fused-ring (bicyclic) bond motifs is 1. The first-order valence-corrected chi connectivity index (χ1v) is 11.1. The summed E-state index contributed by atoms with van der Waals surface area (Å²) in [7, 11) is 0. The van der Waals surface area contributed by atoms with E-state index in [1.54, 1.807) is 28.7 Å². The van der Waals surface area contributed by atoms with Crippen LogP contribution < -0.4 is 10.1 Å². The predicted octanol–water partition coefficient (Wildman–Crippen LogP) is 4.70. The number of nitrogens with one attached hydrogen (secondary N) is 1. The molecule has 0 radical (unpaired) electrons. The predicted molar refractivity (Wildman–Crippen MR) is 115 cm³/mol. The Hall–Kier alpha value is -3.33. The molecule has 7 rings (SSSR count). The summed E-state index contributed by atoms with van der Waals surface area (Å²) in [6, 6.07) is 15.0. The van der Waals surface area contributed by atoms with Crippen molar-refractivity contribution < 1.29 is 9.53 Å². The highest BCUT2D eigenvalue weighted by atomic mass is 16.5. The van der Waals surface area contributed by atoms with E-state index < -0.39 is 0 Å². The number of ether oxygens (including phenoxy) is 1. The third-order valence-electron chi connectivity index (χ3n) is 7.32. The highest BCUT2D eigenvalue weighted by Crippen LogP contribution is 2.55. The molecule has 0 spiro atoms. The van der Waals surface area contributed by atoms with Crippen LogP contribution in [0.5, 0.6) is 11.8 Å². The van der Waals surface area contributed by atoms with Gasteiger partial charge in [-0.2, -0.15) is 10.2 Å². The van der Waals surface area contributed by atoms with Gasteiger partial charge in [0.05, 0.1) is 17.1 Å². The zero-order chi connectivity index (χ0) is 21.0. The number of benzene rings is 1. The van der Waals surface area contributed by atoms with Crippen LogP contribution in [-0.2, 0) is 0 Å². The molecule has 156 valence electrons. The lowest BCUT2D eigenvalue weighted by Crippen LogP contribution is -2.59. The molecule has 2 heterocycles. The Morgan fingerprint density at radius 2 is 1.84 bits per heavy atom. The van der Waals surface area contributed by atoms with Crippen molar-refractivity contribution in [2.24, 2.45) is 17.8 Å².